The summed E-state index contributed by atoms with van der Waals surface area (Å²) in [4.78, 5) is 33.6. The summed E-state index contributed by atoms with van der Waals surface area (Å²) in [5.41, 5.74) is 6.46. The van der Waals surface area contributed by atoms with Crippen LogP contribution in [-0.2, 0) is 17.6 Å². The van der Waals surface area contributed by atoms with Crippen molar-refractivity contribution in [3.63, 3.8) is 0 Å². The average Bonchev–Trinajstić information content (AvgIpc) is 3.28. The van der Waals surface area contributed by atoms with Gasteiger partial charge in [-0.2, -0.15) is 0 Å². The Labute approximate surface area is 189 Å². The number of benzene rings is 1. The number of nitrogens with one attached hydrogen (secondary N) is 2. The van der Waals surface area contributed by atoms with Crippen molar-refractivity contribution in [2.24, 2.45) is 0 Å². The molecule has 0 unspecified atom stereocenters. The summed E-state index contributed by atoms with van der Waals surface area (Å²) >= 11 is 0. The lowest BCUT2D eigenvalue weighted by molar-refractivity contribution is -0.110. The maximum absolute atomic E-state index is 13.2. The molecule has 0 spiro atoms. The van der Waals surface area contributed by atoms with Gasteiger partial charge in [0.25, 0.3) is 11.8 Å². The molecule has 7 nitrogen and oxygen atoms in total. The van der Waals surface area contributed by atoms with E-state index >= 15 is 0 Å². The number of hydrogen-bond donors (Lipinski definition) is 3. The second kappa shape index (κ2) is 9.30. The number of aromatic amines is 1. The molecule has 0 saturated carbocycles. The number of fused-ring (bicyclic) bond motifs is 2. The van der Waals surface area contributed by atoms with E-state index in [0.717, 1.165) is 71.9 Å². The normalized spacial score (nSPS) is 16.7. The van der Waals surface area contributed by atoms with E-state index in [1.807, 2.05) is 36.1 Å². The number of aliphatic hydroxyl groups excluding tert-OH is 1. The van der Waals surface area contributed by atoms with Crippen molar-refractivity contribution >= 4 is 29.2 Å². The first-order chi connectivity index (χ1) is 15.5. The first kappa shape index (κ1) is 22.3. The largest absolute Gasteiger partial charge is 0.396 e. The van der Waals surface area contributed by atoms with Crippen molar-refractivity contribution in [2.75, 3.05) is 44.6 Å². The van der Waals surface area contributed by atoms with Gasteiger partial charge in [-0.1, -0.05) is 26.0 Å². The molecule has 1 aromatic carbocycles. The van der Waals surface area contributed by atoms with E-state index < -0.39 is 0 Å². The van der Waals surface area contributed by atoms with Gasteiger partial charge in [-0.15, -0.1) is 0 Å². The van der Waals surface area contributed by atoms with Gasteiger partial charge < -0.3 is 25.2 Å². The number of aromatic nitrogens is 1. The number of carbonyl (C=O) groups excluding carboxylic acids is 2. The first-order valence-corrected chi connectivity index (χ1v) is 11.5. The predicted molar refractivity (Wildman–Crippen MR) is 127 cm³/mol. The van der Waals surface area contributed by atoms with Crippen molar-refractivity contribution in [3.05, 3.63) is 51.8 Å². The molecular formula is C25H32N4O3. The molecule has 3 N–H and O–H groups in total. The highest BCUT2D eigenvalue weighted by atomic mass is 16.3. The third-order valence-corrected chi connectivity index (χ3v) is 6.66. The molecule has 2 amide bonds. The molecule has 0 bridgehead atoms. The smallest absolute Gasteiger partial charge is 0.256 e. The highest BCUT2D eigenvalue weighted by Crippen LogP contribution is 2.37. The summed E-state index contributed by atoms with van der Waals surface area (Å²) in [5.74, 6) is -0.0985. The molecule has 170 valence electrons. The molecule has 2 aliphatic heterocycles. The minimum absolute atomic E-state index is 0.0194. The molecule has 32 heavy (non-hydrogen) atoms. The summed E-state index contributed by atoms with van der Waals surface area (Å²) in [5, 5.41) is 12.4. The second-order valence-electron chi connectivity index (χ2n) is 8.41. The molecule has 3 heterocycles. The molecule has 0 fully saturated rings. The topological polar surface area (TPSA) is 88.7 Å². The van der Waals surface area contributed by atoms with Crippen molar-refractivity contribution in [1.29, 1.82) is 0 Å². The van der Waals surface area contributed by atoms with Crippen LogP contribution in [0.1, 0.15) is 52.3 Å². The number of hydrogen-bond acceptors (Lipinski definition) is 4. The van der Waals surface area contributed by atoms with E-state index in [-0.39, 0.29) is 18.4 Å². The zero-order valence-electron chi connectivity index (χ0n) is 19.1. The van der Waals surface area contributed by atoms with Crippen molar-refractivity contribution in [2.45, 2.75) is 33.6 Å². The lowest BCUT2D eigenvalue weighted by Crippen LogP contribution is -2.42. The van der Waals surface area contributed by atoms with Crippen LogP contribution in [-0.4, -0.2) is 71.0 Å². The van der Waals surface area contributed by atoms with Crippen molar-refractivity contribution in [3.8, 4) is 0 Å². The zero-order chi connectivity index (χ0) is 22.8. The molecule has 2 aliphatic rings. The van der Waals surface area contributed by atoms with Gasteiger partial charge in [0, 0.05) is 55.3 Å². The lowest BCUT2D eigenvalue weighted by Gasteiger charge is -2.29. The predicted octanol–water partition coefficient (Wildman–Crippen LogP) is 2.69. The highest BCUT2D eigenvalue weighted by molar-refractivity contribution is 6.35. The van der Waals surface area contributed by atoms with E-state index in [9.17, 15) is 14.7 Å². The third kappa shape index (κ3) is 3.98. The fraction of sp³-hybridized carbons (Fsp3) is 0.440. The Bertz CT molecular complexity index is 1070. The van der Waals surface area contributed by atoms with Crippen LogP contribution < -0.4 is 5.32 Å². The number of likely N-dealkylation sites (N-methyl/N-ethyl adjacent to an activating group) is 1. The van der Waals surface area contributed by atoms with Crippen LogP contribution in [0.3, 0.4) is 0 Å². The average molecular weight is 437 g/mol. The Kier molecular flexibility index (Phi) is 6.48. The third-order valence-electron chi connectivity index (χ3n) is 6.66. The zero-order valence-corrected chi connectivity index (χ0v) is 19.1. The number of amides is 2. The van der Waals surface area contributed by atoms with E-state index in [0.29, 0.717) is 18.5 Å². The number of carbonyl (C=O) groups is 2. The van der Waals surface area contributed by atoms with Crippen LogP contribution in [0.4, 0.5) is 5.69 Å². The second-order valence-corrected chi connectivity index (χ2v) is 8.41. The lowest BCUT2D eigenvalue weighted by atomic mass is 9.96. The van der Waals surface area contributed by atoms with Crippen LogP contribution in [0, 0.1) is 6.92 Å². The number of H-pyrrole nitrogens is 1. The van der Waals surface area contributed by atoms with Gasteiger partial charge in [-0.05, 0) is 49.7 Å². The van der Waals surface area contributed by atoms with E-state index in [1.54, 1.807) is 0 Å². The monoisotopic (exact) mass is 436 g/mol. The van der Waals surface area contributed by atoms with Crippen molar-refractivity contribution in [1.82, 2.24) is 14.8 Å². The van der Waals surface area contributed by atoms with Gasteiger partial charge in [0.1, 0.15) is 0 Å². The highest BCUT2D eigenvalue weighted by Gasteiger charge is 2.31. The molecule has 0 aliphatic carbocycles. The minimum Gasteiger partial charge on any atom is -0.396 e. The summed E-state index contributed by atoms with van der Waals surface area (Å²) in [6.07, 6.45) is 3.11. The molecule has 1 aromatic heterocycles. The first-order valence-electron chi connectivity index (χ1n) is 11.5. The van der Waals surface area contributed by atoms with Crippen LogP contribution in [0.5, 0.6) is 0 Å². The summed E-state index contributed by atoms with van der Waals surface area (Å²) in [6.45, 7) is 10.5. The van der Waals surface area contributed by atoms with E-state index in [2.05, 4.69) is 29.0 Å². The Hall–Kier alpha value is -2.90. The van der Waals surface area contributed by atoms with Crippen LogP contribution >= 0.6 is 0 Å². The molecule has 0 atom stereocenters. The standard InChI is InChI=1S/C25H32N4O3/c1-4-28(5-2)12-13-29-11-9-20-22(25(29)32)16(3)21(26-20)15-18-23-17(10-14-30)7-6-8-19(23)27-24(18)31/h6-8,15,26,30H,4-5,9-14H2,1-3H3,(H,27,31). The van der Waals surface area contributed by atoms with Gasteiger partial charge in [0.15, 0.2) is 0 Å². The number of rotatable bonds is 8. The Morgan fingerprint density at radius 2 is 1.97 bits per heavy atom. The summed E-state index contributed by atoms with van der Waals surface area (Å²) in [7, 11) is 0. The van der Waals surface area contributed by atoms with E-state index in [4.69, 9.17) is 0 Å². The quantitative estimate of drug-likeness (QED) is 0.555. The maximum atomic E-state index is 13.2. The SMILES string of the molecule is CCN(CC)CCN1CCc2[nH]c(C=C3C(=O)Nc4cccc(CCO)c43)c(C)c2C1=O. The Morgan fingerprint density at radius 1 is 1.19 bits per heavy atom. The van der Waals surface area contributed by atoms with E-state index in [1.165, 1.54) is 0 Å². The fourth-order valence-corrected chi connectivity index (χ4v) is 4.76. The molecule has 0 saturated heterocycles. The maximum Gasteiger partial charge on any atom is 0.256 e. The Balaban J connectivity index is 1.64. The molecule has 7 heteroatoms. The van der Waals surface area contributed by atoms with Crippen LogP contribution in [0.25, 0.3) is 11.6 Å². The van der Waals surface area contributed by atoms with Gasteiger partial charge in [0.2, 0.25) is 0 Å². The van der Waals surface area contributed by atoms with Gasteiger partial charge in [-0.3, -0.25) is 9.59 Å². The van der Waals surface area contributed by atoms with Crippen molar-refractivity contribution < 1.29 is 14.7 Å². The van der Waals surface area contributed by atoms with Crippen LogP contribution in [0.15, 0.2) is 18.2 Å². The van der Waals surface area contributed by atoms with Crippen LogP contribution in [0.2, 0.25) is 0 Å². The number of nitrogens with zero attached hydrogens (tertiary/aromatic N) is 2. The summed E-state index contributed by atoms with van der Waals surface area (Å²) < 4.78 is 0. The molecular weight excluding hydrogens is 404 g/mol. The number of aliphatic hydroxyl groups is 1. The van der Waals surface area contributed by atoms with Gasteiger partial charge >= 0.3 is 0 Å². The molecule has 2 aromatic rings. The number of anilines is 1. The Morgan fingerprint density at radius 3 is 2.69 bits per heavy atom. The fourth-order valence-electron chi connectivity index (χ4n) is 4.76. The van der Waals surface area contributed by atoms with Gasteiger partial charge in [0.05, 0.1) is 11.1 Å². The molecule has 4 rings (SSSR count). The molecule has 0 radical (unpaired) electrons. The summed E-state index contributed by atoms with van der Waals surface area (Å²) in [6, 6.07) is 5.70. The minimum atomic E-state index is -0.162. The van der Waals surface area contributed by atoms with Gasteiger partial charge in [-0.25, -0.2) is 0 Å².